The lowest BCUT2D eigenvalue weighted by molar-refractivity contribution is 1.07. The maximum Gasteiger partial charge on any atom is 0.164 e. The van der Waals surface area contributed by atoms with Gasteiger partial charge in [-0.1, -0.05) is 182 Å². The Kier molecular flexibility index (Phi) is 9.23. The van der Waals surface area contributed by atoms with Gasteiger partial charge in [0, 0.05) is 34.6 Å². The molecule has 6 nitrogen and oxygen atoms in total. The fourth-order valence-electron chi connectivity index (χ4n) is 6.66. The summed E-state index contributed by atoms with van der Waals surface area (Å²) >= 11 is 0. The number of aromatic nitrogens is 5. The topological polar surface area (TPSA) is 88.2 Å². The molecule has 2 aromatic heterocycles. The third kappa shape index (κ3) is 7.21. The van der Waals surface area contributed by atoms with Gasteiger partial charge in [0.05, 0.1) is 5.56 Å². The fraction of sp³-hybridized carbons (Fsp3) is 0. The van der Waals surface area contributed by atoms with Crippen molar-refractivity contribution in [3.05, 3.63) is 200 Å². The van der Waals surface area contributed by atoms with E-state index in [4.69, 9.17) is 20.2 Å². The summed E-state index contributed by atoms with van der Waals surface area (Å²) in [7, 11) is 0. The van der Waals surface area contributed by atoms with Crippen molar-refractivity contribution in [2.75, 3.05) is 0 Å². The highest BCUT2D eigenvalue weighted by atomic mass is 15.0. The molecule has 0 radical (unpaired) electrons. The summed E-state index contributed by atoms with van der Waals surface area (Å²) in [6, 6.07) is 64.6. The van der Waals surface area contributed by atoms with Crippen LogP contribution in [-0.4, -0.2) is 24.9 Å². The maximum absolute atomic E-state index is 9.14. The zero-order chi connectivity index (χ0) is 37.7. The first-order chi connectivity index (χ1) is 27.7. The molecule has 0 unspecified atom stereocenters. The second-order valence-corrected chi connectivity index (χ2v) is 13.3. The van der Waals surface area contributed by atoms with Gasteiger partial charge in [-0.15, -0.1) is 0 Å². The Morgan fingerprint density at radius 1 is 0.268 bits per heavy atom. The normalized spacial score (nSPS) is 10.8. The molecule has 9 aromatic rings. The van der Waals surface area contributed by atoms with E-state index in [1.165, 1.54) is 34.6 Å². The molecule has 0 bridgehead atoms. The standard InChI is InChI=1S/C50H32N6/c51-31-34-32-52-47(53-33-34)43-27-29-46(30-28-43)50-55-48(44-23-19-41(20-24-44)39-15-11-37(12-16-39)35-7-3-1-4-8-35)54-49(56-50)45-25-21-42(22-26-45)40-17-13-38(14-18-40)36-9-5-2-6-10-36/h1-30,32-33H. The Bertz CT molecular complexity index is 2630. The lowest BCUT2D eigenvalue weighted by Gasteiger charge is -2.10. The van der Waals surface area contributed by atoms with Gasteiger partial charge in [-0.25, -0.2) is 24.9 Å². The Morgan fingerprint density at radius 2 is 0.500 bits per heavy atom. The van der Waals surface area contributed by atoms with Gasteiger partial charge in [0.1, 0.15) is 6.07 Å². The van der Waals surface area contributed by atoms with Crippen molar-refractivity contribution in [2.45, 2.75) is 0 Å². The highest BCUT2D eigenvalue weighted by Gasteiger charge is 2.14. The van der Waals surface area contributed by atoms with E-state index in [-0.39, 0.29) is 0 Å². The predicted molar refractivity (Wildman–Crippen MR) is 224 cm³/mol. The maximum atomic E-state index is 9.14. The largest absolute Gasteiger partial charge is 0.235 e. The average Bonchev–Trinajstić information content (AvgIpc) is 3.30. The van der Waals surface area contributed by atoms with Crippen LogP contribution in [0.2, 0.25) is 0 Å². The minimum atomic E-state index is 0.415. The van der Waals surface area contributed by atoms with Gasteiger partial charge in [-0.3, -0.25) is 0 Å². The molecule has 0 aliphatic heterocycles. The quantitative estimate of drug-likeness (QED) is 0.156. The van der Waals surface area contributed by atoms with Crippen LogP contribution in [0.3, 0.4) is 0 Å². The number of nitriles is 1. The first-order valence-corrected chi connectivity index (χ1v) is 18.3. The zero-order valence-corrected chi connectivity index (χ0v) is 30.2. The molecule has 9 rings (SSSR count). The Morgan fingerprint density at radius 3 is 0.768 bits per heavy atom. The van der Waals surface area contributed by atoms with E-state index in [9.17, 15) is 0 Å². The number of nitrogens with zero attached hydrogens (tertiary/aromatic N) is 6. The van der Waals surface area contributed by atoms with Crippen molar-refractivity contribution in [1.82, 2.24) is 24.9 Å². The van der Waals surface area contributed by atoms with Crippen molar-refractivity contribution >= 4 is 0 Å². The fourth-order valence-corrected chi connectivity index (χ4v) is 6.66. The Balaban J connectivity index is 1.04. The van der Waals surface area contributed by atoms with E-state index in [1.807, 2.05) is 36.4 Å². The van der Waals surface area contributed by atoms with Crippen molar-refractivity contribution in [2.24, 2.45) is 0 Å². The van der Waals surface area contributed by atoms with Gasteiger partial charge in [0.15, 0.2) is 23.3 Å². The highest BCUT2D eigenvalue weighted by molar-refractivity contribution is 5.75. The van der Waals surface area contributed by atoms with Gasteiger partial charge in [0.2, 0.25) is 0 Å². The van der Waals surface area contributed by atoms with E-state index in [2.05, 4.69) is 162 Å². The van der Waals surface area contributed by atoms with Crippen LogP contribution in [0.5, 0.6) is 0 Å². The highest BCUT2D eigenvalue weighted by Crippen LogP contribution is 2.31. The summed E-state index contributed by atoms with van der Waals surface area (Å²) in [5.74, 6) is 2.25. The number of rotatable bonds is 8. The van der Waals surface area contributed by atoms with Crippen molar-refractivity contribution in [3.8, 4) is 96.1 Å². The van der Waals surface area contributed by atoms with E-state index in [1.54, 1.807) is 0 Å². The molecule has 2 heterocycles. The molecule has 0 atom stereocenters. The summed E-state index contributed by atoms with van der Waals surface area (Å²) in [4.78, 5) is 23.7. The first kappa shape index (κ1) is 33.9. The van der Waals surface area contributed by atoms with Gasteiger partial charge < -0.3 is 0 Å². The summed E-state index contributed by atoms with van der Waals surface area (Å²) in [6.07, 6.45) is 3.05. The number of hydrogen-bond donors (Lipinski definition) is 0. The lowest BCUT2D eigenvalue weighted by Crippen LogP contribution is -2.00. The van der Waals surface area contributed by atoms with E-state index in [0.717, 1.165) is 44.5 Å². The zero-order valence-electron chi connectivity index (χ0n) is 30.2. The van der Waals surface area contributed by atoms with Gasteiger partial charge in [-0.05, 0) is 44.5 Å². The van der Waals surface area contributed by atoms with Crippen LogP contribution in [0.25, 0.3) is 90.1 Å². The third-order valence-corrected chi connectivity index (χ3v) is 9.75. The Labute approximate surface area is 325 Å². The second kappa shape index (κ2) is 15.2. The molecule has 56 heavy (non-hydrogen) atoms. The molecule has 0 aliphatic carbocycles. The van der Waals surface area contributed by atoms with Crippen molar-refractivity contribution < 1.29 is 0 Å². The Hall–Kier alpha value is -7.88. The van der Waals surface area contributed by atoms with Crippen LogP contribution in [0.1, 0.15) is 5.56 Å². The molecule has 0 spiro atoms. The molecular weight excluding hydrogens is 685 g/mol. The van der Waals surface area contributed by atoms with Crippen LogP contribution >= 0.6 is 0 Å². The molecule has 0 aliphatic rings. The molecule has 7 aromatic carbocycles. The van der Waals surface area contributed by atoms with E-state index < -0.39 is 0 Å². The van der Waals surface area contributed by atoms with Gasteiger partial charge in [-0.2, -0.15) is 5.26 Å². The summed E-state index contributed by atoms with van der Waals surface area (Å²) in [5, 5.41) is 9.14. The lowest BCUT2D eigenvalue weighted by atomic mass is 9.99. The minimum absolute atomic E-state index is 0.415. The van der Waals surface area contributed by atoms with Crippen LogP contribution in [0, 0.1) is 11.3 Å². The number of hydrogen-bond acceptors (Lipinski definition) is 6. The van der Waals surface area contributed by atoms with Crippen LogP contribution in [0.4, 0.5) is 0 Å². The molecule has 0 amide bonds. The monoisotopic (exact) mass is 716 g/mol. The minimum Gasteiger partial charge on any atom is -0.235 e. The second-order valence-electron chi connectivity index (χ2n) is 13.3. The summed E-state index contributed by atoms with van der Waals surface area (Å²) < 4.78 is 0. The molecule has 0 N–H and O–H groups in total. The third-order valence-electron chi connectivity index (χ3n) is 9.75. The SMILES string of the molecule is N#Cc1cnc(-c2ccc(-c3nc(-c4ccc(-c5ccc(-c6ccccc6)cc5)cc4)nc(-c4ccc(-c5ccc(-c6ccccc6)cc5)cc4)n3)cc2)nc1. The smallest absolute Gasteiger partial charge is 0.164 e. The summed E-state index contributed by atoms with van der Waals surface area (Å²) in [5.41, 5.74) is 13.1. The molecule has 0 saturated carbocycles. The van der Waals surface area contributed by atoms with Gasteiger partial charge >= 0.3 is 0 Å². The average molecular weight is 717 g/mol. The molecule has 0 fully saturated rings. The van der Waals surface area contributed by atoms with Crippen LogP contribution < -0.4 is 0 Å². The molecule has 262 valence electrons. The molecular formula is C50H32N6. The van der Waals surface area contributed by atoms with Crippen LogP contribution in [-0.2, 0) is 0 Å². The van der Waals surface area contributed by atoms with E-state index in [0.29, 0.717) is 28.9 Å². The first-order valence-electron chi connectivity index (χ1n) is 18.3. The van der Waals surface area contributed by atoms with Crippen molar-refractivity contribution in [3.63, 3.8) is 0 Å². The predicted octanol–water partition coefficient (Wildman–Crippen LogP) is 11.9. The number of benzene rings is 7. The van der Waals surface area contributed by atoms with E-state index >= 15 is 0 Å². The van der Waals surface area contributed by atoms with Crippen LogP contribution in [0.15, 0.2) is 194 Å². The molecule has 0 saturated heterocycles. The summed E-state index contributed by atoms with van der Waals surface area (Å²) in [6.45, 7) is 0. The van der Waals surface area contributed by atoms with Gasteiger partial charge in [0.25, 0.3) is 0 Å². The van der Waals surface area contributed by atoms with Crippen molar-refractivity contribution in [1.29, 1.82) is 5.26 Å². The molecule has 6 heteroatoms.